The molecule has 2 amide bonds. The second-order valence-corrected chi connectivity index (χ2v) is 7.09. The number of nitrogens with one attached hydrogen (secondary N) is 1. The summed E-state index contributed by atoms with van der Waals surface area (Å²) in [7, 11) is 0. The van der Waals surface area contributed by atoms with Crippen LogP contribution in [0.2, 0.25) is 0 Å². The fourth-order valence-corrected chi connectivity index (χ4v) is 3.72. The van der Waals surface area contributed by atoms with Crippen molar-refractivity contribution in [3.8, 4) is 0 Å². The third-order valence-electron chi connectivity index (χ3n) is 3.78. The fourth-order valence-electron chi connectivity index (χ4n) is 2.75. The van der Waals surface area contributed by atoms with Gasteiger partial charge in [-0.15, -0.1) is 0 Å². The van der Waals surface area contributed by atoms with Gasteiger partial charge in [0.25, 0.3) is 5.91 Å². The summed E-state index contributed by atoms with van der Waals surface area (Å²) >= 11 is 6.86. The van der Waals surface area contributed by atoms with E-state index in [0.717, 1.165) is 26.6 Å². The van der Waals surface area contributed by atoms with Crippen LogP contribution in [0.4, 0.5) is 11.4 Å². The maximum absolute atomic E-state index is 12.6. The van der Waals surface area contributed by atoms with Crippen molar-refractivity contribution < 1.29 is 9.59 Å². The quantitative estimate of drug-likeness (QED) is 0.758. The average molecular weight is 438 g/mol. The molecule has 4 nitrogen and oxygen atoms in total. The molecule has 1 N–H and O–H groups in total. The Bertz CT molecular complexity index is 805. The molecule has 118 valence electrons. The van der Waals surface area contributed by atoms with Crippen LogP contribution in [0, 0.1) is 0 Å². The highest BCUT2D eigenvalue weighted by atomic mass is 79.9. The summed E-state index contributed by atoms with van der Waals surface area (Å²) in [6, 6.07) is 11.1. The molecule has 2 aromatic carbocycles. The van der Waals surface area contributed by atoms with E-state index in [1.165, 1.54) is 6.92 Å². The molecule has 1 heterocycles. The maximum Gasteiger partial charge on any atom is 0.256 e. The van der Waals surface area contributed by atoms with Crippen molar-refractivity contribution in [2.45, 2.75) is 13.3 Å². The van der Waals surface area contributed by atoms with Crippen LogP contribution in [0.5, 0.6) is 0 Å². The minimum Gasteiger partial charge on any atom is -0.320 e. The second-order valence-electron chi connectivity index (χ2n) is 5.32. The zero-order valence-corrected chi connectivity index (χ0v) is 15.6. The second kappa shape index (κ2) is 6.45. The standard InChI is InChI=1S/C17H14Br2N2O2/c1-10(22)21-7-6-11-8-12(18)9-15(16(11)21)20-17(23)13-4-2-3-5-14(13)19/h2-5,8-9H,6-7H2,1H3,(H,20,23). The zero-order valence-electron chi connectivity index (χ0n) is 12.4. The minimum absolute atomic E-state index is 0.0255. The molecule has 1 aliphatic rings. The van der Waals surface area contributed by atoms with Crippen molar-refractivity contribution in [3.63, 3.8) is 0 Å². The Morgan fingerprint density at radius 2 is 1.91 bits per heavy atom. The number of carbonyl (C=O) groups is 2. The summed E-state index contributed by atoms with van der Waals surface area (Å²) in [6.07, 6.45) is 0.784. The van der Waals surface area contributed by atoms with E-state index in [1.807, 2.05) is 30.3 Å². The molecule has 0 saturated heterocycles. The van der Waals surface area contributed by atoms with Crippen molar-refractivity contribution in [2.75, 3.05) is 16.8 Å². The summed E-state index contributed by atoms with van der Waals surface area (Å²) in [4.78, 5) is 26.1. The van der Waals surface area contributed by atoms with Crippen LogP contribution >= 0.6 is 31.9 Å². The predicted octanol–water partition coefficient (Wildman–Crippen LogP) is 4.37. The Morgan fingerprint density at radius 1 is 1.17 bits per heavy atom. The van der Waals surface area contributed by atoms with Gasteiger partial charge in [-0.05, 0) is 52.2 Å². The number of anilines is 2. The first-order valence-corrected chi connectivity index (χ1v) is 8.72. The Balaban J connectivity index is 1.99. The van der Waals surface area contributed by atoms with Gasteiger partial charge in [-0.3, -0.25) is 9.59 Å². The molecule has 0 atom stereocenters. The molecule has 3 rings (SSSR count). The van der Waals surface area contributed by atoms with Crippen molar-refractivity contribution >= 4 is 55.0 Å². The third-order valence-corrected chi connectivity index (χ3v) is 4.92. The van der Waals surface area contributed by atoms with Crippen LogP contribution in [-0.4, -0.2) is 18.4 Å². The van der Waals surface area contributed by atoms with Gasteiger partial charge in [0, 0.05) is 22.4 Å². The van der Waals surface area contributed by atoms with E-state index in [9.17, 15) is 9.59 Å². The summed E-state index contributed by atoms with van der Waals surface area (Å²) in [5, 5.41) is 2.93. The molecular formula is C17H14Br2N2O2. The van der Waals surface area contributed by atoms with E-state index in [-0.39, 0.29) is 11.8 Å². The monoisotopic (exact) mass is 436 g/mol. The van der Waals surface area contributed by atoms with E-state index in [1.54, 1.807) is 11.0 Å². The number of hydrogen-bond acceptors (Lipinski definition) is 2. The number of benzene rings is 2. The van der Waals surface area contributed by atoms with Crippen LogP contribution in [0.25, 0.3) is 0 Å². The Labute approximate surface area is 151 Å². The Morgan fingerprint density at radius 3 is 2.61 bits per heavy atom. The van der Waals surface area contributed by atoms with Crippen molar-refractivity contribution in [3.05, 3.63) is 56.5 Å². The molecule has 0 bridgehead atoms. The first kappa shape index (κ1) is 16.2. The zero-order chi connectivity index (χ0) is 16.6. The molecule has 2 aromatic rings. The van der Waals surface area contributed by atoms with Gasteiger partial charge in [-0.1, -0.05) is 28.1 Å². The van der Waals surface area contributed by atoms with Gasteiger partial charge in [0.05, 0.1) is 16.9 Å². The van der Waals surface area contributed by atoms with Crippen LogP contribution < -0.4 is 10.2 Å². The molecule has 6 heteroatoms. The van der Waals surface area contributed by atoms with Gasteiger partial charge >= 0.3 is 0 Å². The molecule has 0 saturated carbocycles. The number of nitrogens with zero attached hydrogens (tertiary/aromatic N) is 1. The lowest BCUT2D eigenvalue weighted by atomic mass is 10.1. The highest BCUT2D eigenvalue weighted by molar-refractivity contribution is 9.10. The maximum atomic E-state index is 12.6. The molecule has 0 aliphatic carbocycles. The summed E-state index contributed by atoms with van der Waals surface area (Å²) in [5.41, 5.74) is 3.04. The number of rotatable bonds is 2. The fraction of sp³-hybridized carbons (Fsp3) is 0.176. The molecule has 0 aromatic heterocycles. The first-order valence-electron chi connectivity index (χ1n) is 7.14. The summed E-state index contributed by atoms with van der Waals surface area (Å²) < 4.78 is 1.61. The van der Waals surface area contributed by atoms with Crippen molar-refractivity contribution in [1.82, 2.24) is 0 Å². The molecule has 1 aliphatic heterocycles. The molecule has 23 heavy (non-hydrogen) atoms. The lowest BCUT2D eigenvalue weighted by Crippen LogP contribution is -2.27. The van der Waals surface area contributed by atoms with E-state index in [4.69, 9.17) is 0 Å². The Kier molecular flexibility index (Phi) is 4.55. The number of halogens is 2. The average Bonchev–Trinajstić information content (AvgIpc) is 2.91. The van der Waals surface area contributed by atoms with Crippen LogP contribution in [0.3, 0.4) is 0 Å². The number of carbonyl (C=O) groups excluding carboxylic acids is 2. The molecular weight excluding hydrogens is 424 g/mol. The van der Waals surface area contributed by atoms with E-state index in [2.05, 4.69) is 37.2 Å². The molecule has 0 radical (unpaired) electrons. The largest absolute Gasteiger partial charge is 0.320 e. The van der Waals surface area contributed by atoms with E-state index < -0.39 is 0 Å². The van der Waals surface area contributed by atoms with Crippen LogP contribution in [0.15, 0.2) is 45.3 Å². The van der Waals surface area contributed by atoms with E-state index in [0.29, 0.717) is 17.8 Å². The lowest BCUT2D eigenvalue weighted by Gasteiger charge is -2.19. The normalized spacial score (nSPS) is 12.9. The van der Waals surface area contributed by atoms with E-state index >= 15 is 0 Å². The van der Waals surface area contributed by atoms with Crippen LogP contribution in [-0.2, 0) is 11.2 Å². The topological polar surface area (TPSA) is 49.4 Å². The highest BCUT2D eigenvalue weighted by Crippen LogP contribution is 2.38. The van der Waals surface area contributed by atoms with Gasteiger partial charge in [0.15, 0.2) is 0 Å². The van der Waals surface area contributed by atoms with Gasteiger partial charge < -0.3 is 10.2 Å². The molecule has 0 fully saturated rings. The number of hydrogen-bond donors (Lipinski definition) is 1. The smallest absolute Gasteiger partial charge is 0.256 e. The first-order chi connectivity index (χ1) is 11.0. The predicted molar refractivity (Wildman–Crippen MR) is 98.0 cm³/mol. The third kappa shape index (κ3) is 3.19. The SMILES string of the molecule is CC(=O)N1CCc2cc(Br)cc(NC(=O)c3ccccc3Br)c21. The van der Waals surface area contributed by atoms with Crippen molar-refractivity contribution in [1.29, 1.82) is 0 Å². The van der Waals surface area contributed by atoms with Gasteiger partial charge in [0.2, 0.25) is 5.91 Å². The van der Waals surface area contributed by atoms with Gasteiger partial charge in [-0.25, -0.2) is 0 Å². The van der Waals surface area contributed by atoms with Crippen molar-refractivity contribution in [2.24, 2.45) is 0 Å². The number of amides is 2. The minimum atomic E-state index is -0.215. The van der Waals surface area contributed by atoms with Gasteiger partial charge in [-0.2, -0.15) is 0 Å². The van der Waals surface area contributed by atoms with Gasteiger partial charge in [0.1, 0.15) is 0 Å². The highest BCUT2D eigenvalue weighted by Gasteiger charge is 2.27. The molecule has 0 unspecified atom stereocenters. The molecule has 0 spiro atoms. The van der Waals surface area contributed by atoms with Crippen LogP contribution in [0.1, 0.15) is 22.8 Å². The number of fused-ring (bicyclic) bond motifs is 1. The summed E-state index contributed by atoms with van der Waals surface area (Å²) in [6.45, 7) is 2.18. The Hall–Kier alpha value is -1.66. The lowest BCUT2D eigenvalue weighted by molar-refractivity contribution is -0.116. The summed E-state index contributed by atoms with van der Waals surface area (Å²) in [5.74, 6) is -0.240.